The molecular formula is C48H35N3. The van der Waals surface area contributed by atoms with Crippen LogP contribution < -0.4 is 9.80 Å². The first kappa shape index (κ1) is 30.2. The molecule has 0 atom stereocenters. The first-order valence-electron chi connectivity index (χ1n) is 17.4. The third-order valence-corrected chi connectivity index (χ3v) is 9.57. The van der Waals surface area contributed by atoms with Crippen molar-refractivity contribution in [2.24, 2.45) is 0 Å². The number of hydrogen-bond acceptors (Lipinski definition) is 2. The van der Waals surface area contributed by atoms with Crippen LogP contribution in [0.1, 0.15) is 0 Å². The van der Waals surface area contributed by atoms with Crippen molar-refractivity contribution in [3.8, 4) is 22.3 Å². The average molecular weight is 654 g/mol. The Balaban J connectivity index is 1.04. The number of nitrogens with zero attached hydrogens (tertiary/aromatic N) is 2. The summed E-state index contributed by atoms with van der Waals surface area (Å²) in [6.45, 7) is 0. The maximum Gasteiger partial charge on any atom is 0.0465 e. The van der Waals surface area contributed by atoms with Crippen LogP contribution in [0.5, 0.6) is 0 Å². The molecule has 0 saturated heterocycles. The standard InChI is InChI=1S/C48H35N3/c1-5-13-39(14-6-1)50(40-15-7-2-8-16-40)43-27-21-35(22-28-43)37-25-31-47-45(33-37)46-34-38(26-32-48(46)49-47)36-23-29-44(30-24-36)51(41-17-9-3-10-18-41)42-19-11-4-12-20-42/h1-34,49H. The van der Waals surface area contributed by atoms with E-state index in [-0.39, 0.29) is 0 Å². The molecule has 0 aliphatic carbocycles. The third kappa shape index (κ3) is 5.92. The summed E-state index contributed by atoms with van der Waals surface area (Å²) in [6, 6.07) is 73.4. The van der Waals surface area contributed by atoms with E-state index in [4.69, 9.17) is 0 Å². The fraction of sp³-hybridized carbons (Fsp3) is 0. The maximum atomic E-state index is 3.64. The van der Waals surface area contributed by atoms with Crippen molar-refractivity contribution in [3.05, 3.63) is 206 Å². The lowest BCUT2D eigenvalue weighted by molar-refractivity contribution is 1.28. The molecule has 9 aromatic rings. The molecule has 0 aliphatic heterocycles. The number of anilines is 6. The van der Waals surface area contributed by atoms with Crippen LogP contribution >= 0.6 is 0 Å². The largest absolute Gasteiger partial charge is 0.355 e. The molecule has 0 amide bonds. The summed E-state index contributed by atoms with van der Waals surface area (Å²) in [5.74, 6) is 0. The van der Waals surface area contributed by atoms with E-state index < -0.39 is 0 Å². The van der Waals surface area contributed by atoms with Crippen molar-refractivity contribution in [2.45, 2.75) is 0 Å². The Bertz CT molecular complexity index is 2280. The molecule has 0 spiro atoms. The number of rotatable bonds is 8. The van der Waals surface area contributed by atoms with Crippen LogP contribution in [-0.4, -0.2) is 4.98 Å². The van der Waals surface area contributed by atoms with Gasteiger partial charge in [0.2, 0.25) is 0 Å². The number of aromatic amines is 1. The highest BCUT2D eigenvalue weighted by Crippen LogP contribution is 2.38. The Labute approximate surface area is 298 Å². The van der Waals surface area contributed by atoms with Crippen molar-refractivity contribution in [1.29, 1.82) is 0 Å². The monoisotopic (exact) mass is 653 g/mol. The van der Waals surface area contributed by atoms with Crippen molar-refractivity contribution < 1.29 is 0 Å². The molecule has 51 heavy (non-hydrogen) atoms. The van der Waals surface area contributed by atoms with Gasteiger partial charge in [-0.25, -0.2) is 0 Å². The topological polar surface area (TPSA) is 22.3 Å². The molecule has 0 saturated carbocycles. The Hall–Kier alpha value is -6.84. The van der Waals surface area contributed by atoms with Crippen molar-refractivity contribution >= 4 is 55.9 Å². The van der Waals surface area contributed by atoms with Gasteiger partial charge in [-0.1, -0.05) is 109 Å². The van der Waals surface area contributed by atoms with E-state index in [0.717, 1.165) is 45.2 Å². The molecule has 8 aromatic carbocycles. The molecule has 0 bridgehead atoms. The molecule has 0 radical (unpaired) electrons. The van der Waals surface area contributed by atoms with Crippen LogP contribution in [0.4, 0.5) is 34.1 Å². The van der Waals surface area contributed by atoms with E-state index >= 15 is 0 Å². The Morgan fingerprint density at radius 3 is 0.843 bits per heavy atom. The van der Waals surface area contributed by atoms with E-state index in [0.29, 0.717) is 0 Å². The number of benzene rings is 8. The summed E-state index contributed by atoms with van der Waals surface area (Å²) in [5, 5.41) is 2.44. The lowest BCUT2D eigenvalue weighted by atomic mass is 9.99. The second kappa shape index (κ2) is 13.2. The number of para-hydroxylation sites is 4. The predicted octanol–water partition coefficient (Wildman–Crippen LogP) is 13.6. The van der Waals surface area contributed by atoms with Gasteiger partial charge in [-0.15, -0.1) is 0 Å². The second-order valence-corrected chi connectivity index (χ2v) is 12.8. The predicted molar refractivity (Wildman–Crippen MR) is 216 cm³/mol. The number of hydrogen-bond donors (Lipinski definition) is 1. The quantitative estimate of drug-likeness (QED) is 0.176. The van der Waals surface area contributed by atoms with Crippen LogP contribution in [0.3, 0.4) is 0 Å². The zero-order valence-electron chi connectivity index (χ0n) is 28.0. The summed E-state index contributed by atoms with van der Waals surface area (Å²) in [5.41, 5.74) is 13.8. The molecular weight excluding hydrogens is 619 g/mol. The highest BCUT2D eigenvalue weighted by Gasteiger charge is 2.15. The summed E-state index contributed by atoms with van der Waals surface area (Å²) in [7, 11) is 0. The lowest BCUT2D eigenvalue weighted by Crippen LogP contribution is -2.09. The highest BCUT2D eigenvalue weighted by atomic mass is 15.1. The molecule has 1 aromatic heterocycles. The normalized spacial score (nSPS) is 11.1. The summed E-state index contributed by atoms with van der Waals surface area (Å²) >= 11 is 0. The minimum Gasteiger partial charge on any atom is -0.355 e. The van der Waals surface area contributed by atoms with Gasteiger partial charge in [0, 0.05) is 55.9 Å². The first-order chi connectivity index (χ1) is 25.3. The van der Waals surface area contributed by atoms with Gasteiger partial charge in [0.25, 0.3) is 0 Å². The van der Waals surface area contributed by atoms with Gasteiger partial charge in [0.05, 0.1) is 0 Å². The summed E-state index contributed by atoms with van der Waals surface area (Å²) in [6.07, 6.45) is 0. The van der Waals surface area contributed by atoms with Crippen LogP contribution in [-0.2, 0) is 0 Å². The highest BCUT2D eigenvalue weighted by molar-refractivity contribution is 6.09. The van der Waals surface area contributed by atoms with Gasteiger partial charge in [-0.3, -0.25) is 0 Å². The van der Waals surface area contributed by atoms with Gasteiger partial charge in [0.15, 0.2) is 0 Å². The van der Waals surface area contributed by atoms with Gasteiger partial charge in [-0.2, -0.15) is 0 Å². The van der Waals surface area contributed by atoms with Crippen LogP contribution in [0.2, 0.25) is 0 Å². The number of fused-ring (bicyclic) bond motifs is 3. The zero-order chi connectivity index (χ0) is 34.0. The third-order valence-electron chi connectivity index (χ3n) is 9.57. The summed E-state index contributed by atoms with van der Waals surface area (Å²) < 4.78 is 0. The number of aromatic nitrogens is 1. The summed E-state index contributed by atoms with van der Waals surface area (Å²) in [4.78, 5) is 8.23. The Morgan fingerprint density at radius 1 is 0.255 bits per heavy atom. The van der Waals surface area contributed by atoms with E-state index in [1.807, 2.05) is 0 Å². The van der Waals surface area contributed by atoms with E-state index in [1.165, 1.54) is 33.0 Å². The maximum absolute atomic E-state index is 3.64. The van der Waals surface area contributed by atoms with E-state index in [2.05, 4.69) is 221 Å². The van der Waals surface area contributed by atoms with E-state index in [9.17, 15) is 0 Å². The van der Waals surface area contributed by atoms with Crippen molar-refractivity contribution in [2.75, 3.05) is 9.80 Å². The van der Waals surface area contributed by atoms with Gasteiger partial charge >= 0.3 is 0 Å². The molecule has 0 aliphatic rings. The molecule has 1 heterocycles. The number of nitrogens with one attached hydrogen (secondary N) is 1. The average Bonchev–Trinajstić information content (AvgIpc) is 3.58. The van der Waals surface area contributed by atoms with Crippen LogP contribution in [0.25, 0.3) is 44.1 Å². The minimum absolute atomic E-state index is 1.12. The fourth-order valence-electron chi connectivity index (χ4n) is 7.06. The van der Waals surface area contributed by atoms with Gasteiger partial charge in [-0.05, 0) is 119 Å². The molecule has 3 nitrogen and oxygen atoms in total. The SMILES string of the molecule is c1ccc(N(c2ccccc2)c2ccc(-c3ccc4[nH]c5ccc(-c6ccc(N(c7ccccc7)c7ccccc7)cc6)cc5c4c3)cc2)cc1. The Kier molecular flexibility index (Phi) is 7.84. The molecule has 3 heteroatoms. The first-order valence-corrected chi connectivity index (χ1v) is 17.4. The van der Waals surface area contributed by atoms with Crippen LogP contribution in [0.15, 0.2) is 206 Å². The van der Waals surface area contributed by atoms with E-state index in [1.54, 1.807) is 0 Å². The van der Waals surface area contributed by atoms with Crippen molar-refractivity contribution in [1.82, 2.24) is 4.98 Å². The van der Waals surface area contributed by atoms with Gasteiger partial charge < -0.3 is 14.8 Å². The lowest BCUT2D eigenvalue weighted by Gasteiger charge is -2.25. The zero-order valence-corrected chi connectivity index (χ0v) is 28.0. The fourth-order valence-corrected chi connectivity index (χ4v) is 7.06. The molecule has 242 valence electrons. The van der Waals surface area contributed by atoms with Gasteiger partial charge in [0.1, 0.15) is 0 Å². The second-order valence-electron chi connectivity index (χ2n) is 12.8. The number of H-pyrrole nitrogens is 1. The Morgan fingerprint density at radius 2 is 0.529 bits per heavy atom. The smallest absolute Gasteiger partial charge is 0.0465 e. The van der Waals surface area contributed by atoms with Crippen LogP contribution in [0, 0.1) is 0 Å². The molecule has 0 fully saturated rings. The van der Waals surface area contributed by atoms with Crippen molar-refractivity contribution in [3.63, 3.8) is 0 Å². The minimum atomic E-state index is 1.12. The molecule has 0 unspecified atom stereocenters. The molecule has 1 N–H and O–H groups in total. The molecule has 9 rings (SSSR count).